The highest BCUT2D eigenvalue weighted by Gasteiger charge is 2.27. The van der Waals surface area contributed by atoms with Crippen LogP contribution in [0, 0.1) is 6.92 Å². The van der Waals surface area contributed by atoms with Gasteiger partial charge in [-0.3, -0.25) is 0 Å². The molecule has 0 radical (unpaired) electrons. The molecule has 4 nitrogen and oxygen atoms in total. The average Bonchev–Trinajstić information content (AvgIpc) is 2.61. The number of methoxy groups -OCH3 is 1. The van der Waals surface area contributed by atoms with E-state index >= 15 is 0 Å². The smallest absolute Gasteiger partial charge is 0.130 e. The summed E-state index contributed by atoms with van der Waals surface area (Å²) in [5.41, 5.74) is 5.35. The summed E-state index contributed by atoms with van der Waals surface area (Å²) < 4.78 is 5.54. The predicted octanol–water partition coefficient (Wildman–Crippen LogP) is 4.83. The first kappa shape index (κ1) is 17.7. The first-order chi connectivity index (χ1) is 12.9. The molecule has 27 heavy (non-hydrogen) atoms. The molecule has 0 unspecified atom stereocenters. The van der Waals surface area contributed by atoms with Gasteiger partial charge in [-0.25, -0.2) is 0 Å². The maximum atomic E-state index is 10.5. The Balaban J connectivity index is 2.06. The summed E-state index contributed by atoms with van der Waals surface area (Å²) in [6, 6.07) is 11.9. The Morgan fingerprint density at radius 2 is 1.70 bits per heavy atom. The van der Waals surface area contributed by atoms with Crippen molar-refractivity contribution in [3.63, 3.8) is 0 Å². The van der Waals surface area contributed by atoms with Gasteiger partial charge < -0.3 is 20.3 Å². The molecule has 3 N–H and O–H groups in total. The summed E-state index contributed by atoms with van der Waals surface area (Å²) in [5.74, 6) is 1.21. The van der Waals surface area contributed by atoms with Gasteiger partial charge in [0.25, 0.3) is 0 Å². The first-order valence-electron chi connectivity index (χ1n) is 9.32. The second kappa shape index (κ2) is 6.46. The van der Waals surface area contributed by atoms with Gasteiger partial charge in [0, 0.05) is 17.6 Å². The van der Waals surface area contributed by atoms with Crippen molar-refractivity contribution in [3.05, 3.63) is 53.1 Å². The first-order valence-corrected chi connectivity index (χ1v) is 9.32. The van der Waals surface area contributed by atoms with E-state index in [0.29, 0.717) is 17.5 Å². The van der Waals surface area contributed by atoms with Crippen molar-refractivity contribution in [1.29, 1.82) is 0 Å². The lowest BCUT2D eigenvalue weighted by Gasteiger charge is -2.31. The topological polar surface area (TPSA) is 61.7 Å². The number of fused-ring (bicyclic) bond motifs is 2. The number of nitrogens with one attached hydrogen (secondary N) is 1. The second-order valence-corrected chi connectivity index (χ2v) is 7.54. The summed E-state index contributed by atoms with van der Waals surface area (Å²) in [5, 5.41) is 26.1. The van der Waals surface area contributed by atoms with Gasteiger partial charge in [-0.05, 0) is 73.0 Å². The normalized spacial score (nSPS) is 19.1. The van der Waals surface area contributed by atoms with Crippen molar-refractivity contribution in [1.82, 2.24) is 5.32 Å². The van der Waals surface area contributed by atoms with Crippen molar-refractivity contribution in [2.45, 2.75) is 39.3 Å². The fourth-order valence-corrected chi connectivity index (χ4v) is 4.44. The number of hydrogen-bond donors (Lipinski definition) is 3. The number of rotatable bonds is 2. The van der Waals surface area contributed by atoms with Crippen LogP contribution in [-0.2, 0) is 6.42 Å². The number of phenolic OH excluding ortho intramolecular Hbond substituents is 2. The van der Waals surface area contributed by atoms with E-state index in [9.17, 15) is 10.2 Å². The number of phenols is 2. The van der Waals surface area contributed by atoms with Gasteiger partial charge in [-0.2, -0.15) is 0 Å². The molecule has 0 spiro atoms. The van der Waals surface area contributed by atoms with E-state index in [4.69, 9.17) is 4.74 Å². The zero-order valence-corrected chi connectivity index (χ0v) is 16.1. The molecule has 0 amide bonds. The molecular weight excluding hydrogens is 338 g/mol. The number of hydrogen-bond acceptors (Lipinski definition) is 4. The molecule has 0 saturated heterocycles. The Morgan fingerprint density at radius 3 is 2.44 bits per heavy atom. The van der Waals surface area contributed by atoms with Crippen LogP contribution in [0.5, 0.6) is 17.2 Å². The Hall–Kier alpha value is -2.72. The molecule has 0 aliphatic carbocycles. The molecule has 2 atom stereocenters. The Kier molecular flexibility index (Phi) is 4.23. The molecule has 1 aliphatic rings. The standard InChI is InChI=1S/C23H25NO3/c1-12-9-17-15(6-8-20(26)23(17)21(10-12)27-4)16-5-7-19(25)22-14(3)24-13(2)11-18(16)22/h5-10,13-14,24-26H,11H2,1-4H3/t13-,14-/m1/s1. The number of aryl methyl sites for hydroxylation is 1. The molecule has 0 bridgehead atoms. The van der Waals surface area contributed by atoms with E-state index in [-0.39, 0.29) is 11.8 Å². The summed E-state index contributed by atoms with van der Waals surface area (Å²) in [4.78, 5) is 0. The largest absolute Gasteiger partial charge is 0.508 e. The van der Waals surface area contributed by atoms with Crippen molar-refractivity contribution < 1.29 is 14.9 Å². The molecule has 140 valence electrons. The van der Waals surface area contributed by atoms with Crippen LogP contribution in [-0.4, -0.2) is 23.4 Å². The van der Waals surface area contributed by atoms with Crippen molar-refractivity contribution in [3.8, 4) is 28.4 Å². The van der Waals surface area contributed by atoms with Crippen LogP contribution in [0.15, 0.2) is 36.4 Å². The minimum atomic E-state index is 0.0864. The van der Waals surface area contributed by atoms with Gasteiger partial charge in [0.05, 0.1) is 12.5 Å². The zero-order valence-electron chi connectivity index (χ0n) is 16.1. The third kappa shape index (κ3) is 2.81. The van der Waals surface area contributed by atoms with E-state index in [1.807, 2.05) is 25.1 Å². The van der Waals surface area contributed by atoms with Crippen LogP contribution in [0.25, 0.3) is 21.9 Å². The van der Waals surface area contributed by atoms with E-state index in [1.54, 1.807) is 19.2 Å². The van der Waals surface area contributed by atoms with Gasteiger partial charge >= 0.3 is 0 Å². The fraction of sp³-hybridized carbons (Fsp3) is 0.304. The van der Waals surface area contributed by atoms with Gasteiger partial charge in [0.1, 0.15) is 17.2 Å². The van der Waals surface area contributed by atoms with Crippen molar-refractivity contribution in [2.75, 3.05) is 7.11 Å². The van der Waals surface area contributed by atoms with Crippen molar-refractivity contribution in [2.24, 2.45) is 0 Å². The molecule has 3 aromatic rings. The SMILES string of the molecule is COc1cc(C)cc2c(-c3ccc(O)c4c3C[C@@H](C)N[C@@H]4C)ccc(O)c12. The Morgan fingerprint density at radius 1 is 1.00 bits per heavy atom. The lowest BCUT2D eigenvalue weighted by atomic mass is 9.83. The number of ether oxygens (including phenoxy) is 1. The van der Waals surface area contributed by atoms with Crippen LogP contribution in [0.4, 0.5) is 0 Å². The third-order valence-electron chi connectivity index (χ3n) is 5.52. The Labute approximate surface area is 159 Å². The van der Waals surface area contributed by atoms with E-state index < -0.39 is 0 Å². The van der Waals surface area contributed by atoms with Gasteiger partial charge in [-0.1, -0.05) is 18.2 Å². The quantitative estimate of drug-likeness (QED) is 0.610. The van der Waals surface area contributed by atoms with Crippen LogP contribution in [0.2, 0.25) is 0 Å². The molecule has 3 aromatic carbocycles. The van der Waals surface area contributed by atoms with Crippen LogP contribution >= 0.6 is 0 Å². The lowest BCUT2D eigenvalue weighted by Crippen LogP contribution is -2.36. The van der Waals surface area contributed by atoms with E-state index in [1.165, 1.54) is 5.56 Å². The van der Waals surface area contributed by atoms with E-state index in [2.05, 4.69) is 25.2 Å². The monoisotopic (exact) mass is 363 g/mol. The summed E-state index contributed by atoms with van der Waals surface area (Å²) in [6.45, 7) is 6.27. The minimum absolute atomic E-state index is 0.0864. The molecule has 0 saturated carbocycles. The number of aromatic hydroxyl groups is 2. The maximum Gasteiger partial charge on any atom is 0.130 e. The summed E-state index contributed by atoms with van der Waals surface area (Å²) >= 11 is 0. The van der Waals surface area contributed by atoms with Crippen molar-refractivity contribution >= 4 is 10.8 Å². The predicted molar refractivity (Wildman–Crippen MR) is 109 cm³/mol. The lowest BCUT2D eigenvalue weighted by molar-refractivity contribution is 0.410. The molecule has 4 rings (SSSR count). The van der Waals surface area contributed by atoms with Crippen LogP contribution in [0.1, 0.15) is 36.6 Å². The molecule has 1 heterocycles. The van der Waals surface area contributed by atoms with Gasteiger partial charge in [0.2, 0.25) is 0 Å². The average molecular weight is 363 g/mol. The molecule has 4 heteroatoms. The molecule has 1 aliphatic heterocycles. The van der Waals surface area contributed by atoms with Gasteiger partial charge in [0.15, 0.2) is 0 Å². The zero-order chi connectivity index (χ0) is 19.3. The molecular formula is C23H25NO3. The summed E-state index contributed by atoms with van der Waals surface area (Å²) in [7, 11) is 1.62. The molecule has 0 fully saturated rings. The van der Waals surface area contributed by atoms with Crippen LogP contribution < -0.4 is 10.1 Å². The minimum Gasteiger partial charge on any atom is -0.508 e. The fourth-order valence-electron chi connectivity index (χ4n) is 4.44. The highest BCUT2D eigenvalue weighted by atomic mass is 16.5. The second-order valence-electron chi connectivity index (χ2n) is 7.54. The van der Waals surface area contributed by atoms with Crippen LogP contribution in [0.3, 0.4) is 0 Å². The highest BCUT2D eigenvalue weighted by Crippen LogP contribution is 2.44. The van der Waals surface area contributed by atoms with Gasteiger partial charge in [-0.15, -0.1) is 0 Å². The molecule has 0 aromatic heterocycles. The highest BCUT2D eigenvalue weighted by molar-refractivity contribution is 6.04. The maximum absolute atomic E-state index is 10.5. The van der Waals surface area contributed by atoms with E-state index in [0.717, 1.165) is 39.4 Å². The number of benzene rings is 3. The third-order valence-corrected chi connectivity index (χ3v) is 5.52. The Bertz CT molecular complexity index is 1040. The summed E-state index contributed by atoms with van der Waals surface area (Å²) in [6.07, 6.45) is 0.842.